The molecule has 5 nitrogen and oxygen atoms in total. The summed E-state index contributed by atoms with van der Waals surface area (Å²) in [7, 11) is 0. The minimum Gasteiger partial charge on any atom is -0.465 e. The van der Waals surface area contributed by atoms with Crippen LogP contribution in [-0.4, -0.2) is 48.7 Å². The van der Waals surface area contributed by atoms with Crippen molar-refractivity contribution in [3.63, 3.8) is 0 Å². The number of rotatable bonds is 3. The molecule has 3 aliphatic heterocycles. The Morgan fingerprint density at radius 3 is 2.65 bits per heavy atom. The molecule has 0 saturated carbocycles. The van der Waals surface area contributed by atoms with Gasteiger partial charge in [0.15, 0.2) is 0 Å². The van der Waals surface area contributed by atoms with E-state index in [0.29, 0.717) is 13.0 Å². The zero-order chi connectivity index (χ0) is 12.1. The summed E-state index contributed by atoms with van der Waals surface area (Å²) in [5, 5.41) is 10.6. The van der Waals surface area contributed by atoms with Gasteiger partial charge < -0.3 is 19.3 Å². The molecule has 17 heavy (non-hydrogen) atoms. The highest BCUT2D eigenvalue weighted by atomic mass is 16.6. The van der Waals surface area contributed by atoms with E-state index < -0.39 is 11.0 Å². The molecule has 3 unspecified atom stereocenters. The molecule has 2 bridgehead atoms. The fourth-order valence-electron chi connectivity index (χ4n) is 3.42. The van der Waals surface area contributed by atoms with Crippen molar-refractivity contribution >= 4 is 5.97 Å². The van der Waals surface area contributed by atoms with Crippen LogP contribution >= 0.6 is 0 Å². The Morgan fingerprint density at radius 1 is 1.47 bits per heavy atom. The predicted molar refractivity (Wildman–Crippen MR) is 57.3 cm³/mol. The van der Waals surface area contributed by atoms with E-state index in [1.54, 1.807) is 6.92 Å². The number of ether oxygens (including phenoxy) is 3. The van der Waals surface area contributed by atoms with Crippen LogP contribution < -0.4 is 0 Å². The fourth-order valence-corrected chi connectivity index (χ4v) is 3.42. The van der Waals surface area contributed by atoms with E-state index in [-0.39, 0.29) is 31.4 Å². The molecule has 0 aliphatic carbocycles. The Labute approximate surface area is 100 Å². The first-order valence-corrected chi connectivity index (χ1v) is 6.25. The van der Waals surface area contributed by atoms with Crippen molar-refractivity contribution < 1.29 is 24.1 Å². The molecule has 3 aliphatic rings. The van der Waals surface area contributed by atoms with E-state index in [1.165, 1.54) is 0 Å². The summed E-state index contributed by atoms with van der Waals surface area (Å²) in [6.45, 7) is 2.52. The number of carbonyl (C=O) groups is 1. The SMILES string of the molecule is CCOC(=O)C1(C2(O)COC2)CC2CCC1O2. The molecule has 3 fully saturated rings. The predicted octanol–water partition coefficient (Wildman–Crippen LogP) is 0.248. The summed E-state index contributed by atoms with van der Waals surface area (Å²) in [5.41, 5.74) is -2.00. The second-order valence-electron chi connectivity index (χ2n) is 5.24. The molecule has 0 radical (unpaired) electrons. The average molecular weight is 242 g/mol. The van der Waals surface area contributed by atoms with Gasteiger partial charge in [0.2, 0.25) is 0 Å². The summed E-state index contributed by atoms with van der Waals surface area (Å²) in [6.07, 6.45) is 2.25. The lowest BCUT2D eigenvalue weighted by atomic mass is 9.62. The molecule has 3 saturated heterocycles. The Kier molecular flexibility index (Phi) is 2.47. The number of hydrogen-bond acceptors (Lipinski definition) is 5. The third kappa shape index (κ3) is 1.33. The van der Waals surface area contributed by atoms with Crippen LogP contribution in [0.3, 0.4) is 0 Å². The second kappa shape index (κ2) is 3.67. The van der Waals surface area contributed by atoms with Crippen molar-refractivity contribution in [3.05, 3.63) is 0 Å². The van der Waals surface area contributed by atoms with Crippen molar-refractivity contribution in [2.24, 2.45) is 5.41 Å². The first-order chi connectivity index (χ1) is 8.12. The van der Waals surface area contributed by atoms with Gasteiger partial charge >= 0.3 is 5.97 Å². The molecule has 3 atom stereocenters. The quantitative estimate of drug-likeness (QED) is 0.719. The maximum Gasteiger partial charge on any atom is 0.317 e. The summed E-state index contributed by atoms with van der Waals surface area (Å²) >= 11 is 0. The Bertz CT molecular complexity index is 338. The first kappa shape index (κ1) is 11.4. The van der Waals surface area contributed by atoms with E-state index in [1.807, 2.05) is 0 Å². The molecule has 0 aromatic heterocycles. The van der Waals surface area contributed by atoms with E-state index in [0.717, 1.165) is 12.8 Å². The zero-order valence-electron chi connectivity index (χ0n) is 9.98. The maximum atomic E-state index is 12.3. The van der Waals surface area contributed by atoms with Gasteiger partial charge in [-0.3, -0.25) is 4.79 Å². The van der Waals surface area contributed by atoms with Crippen LogP contribution in [0.5, 0.6) is 0 Å². The van der Waals surface area contributed by atoms with Crippen LogP contribution in [0.4, 0.5) is 0 Å². The number of fused-ring (bicyclic) bond motifs is 2. The molecule has 3 rings (SSSR count). The molecule has 0 amide bonds. The summed E-state index contributed by atoms with van der Waals surface area (Å²) in [5.74, 6) is -0.321. The van der Waals surface area contributed by atoms with Crippen LogP contribution in [0, 0.1) is 5.41 Å². The number of aliphatic hydroxyl groups is 1. The molecular formula is C12H18O5. The summed E-state index contributed by atoms with van der Waals surface area (Å²) in [6, 6.07) is 0. The van der Waals surface area contributed by atoms with Gasteiger partial charge in [-0.25, -0.2) is 0 Å². The lowest BCUT2D eigenvalue weighted by Crippen LogP contribution is -2.68. The maximum absolute atomic E-state index is 12.3. The Balaban J connectivity index is 1.93. The highest BCUT2D eigenvalue weighted by Crippen LogP contribution is 2.56. The topological polar surface area (TPSA) is 65.0 Å². The van der Waals surface area contributed by atoms with Gasteiger partial charge in [0, 0.05) is 0 Å². The lowest BCUT2D eigenvalue weighted by molar-refractivity contribution is -0.255. The Morgan fingerprint density at radius 2 is 2.24 bits per heavy atom. The van der Waals surface area contributed by atoms with Crippen LogP contribution in [-0.2, 0) is 19.0 Å². The third-order valence-corrected chi connectivity index (χ3v) is 4.36. The molecule has 5 heteroatoms. The largest absolute Gasteiger partial charge is 0.465 e. The van der Waals surface area contributed by atoms with E-state index in [4.69, 9.17) is 14.2 Å². The van der Waals surface area contributed by atoms with Gasteiger partial charge in [0.25, 0.3) is 0 Å². The Hall–Kier alpha value is -0.650. The highest BCUT2D eigenvalue weighted by Gasteiger charge is 2.70. The summed E-state index contributed by atoms with van der Waals surface area (Å²) < 4.78 is 16.0. The molecule has 0 aromatic carbocycles. The third-order valence-electron chi connectivity index (χ3n) is 4.36. The summed E-state index contributed by atoms with van der Waals surface area (Å²) in [4.78, 5) is 12.3. The van der Waals surface area contributed by atoms with Gasteiger partial charge in [0.05, 0.1) is 32.0 Å². The molecule has 1 N–H and O–H groups in total. The van der Waals surface area contributed by atoms with Crippen LogP contribution in [0.15, 0.2) is 0 Å². The van der Waals surface area contributed by atoms with Gasteiger partial charge in [0.1, 0.15) is 11.0 Å². The van der Waals surface area contributed by atoms with Crippen molar-refractivity contribution in [2.45, 2.75) is 44.0 Å². The fraction of sp³-hybridized carbons (Fsp3) is 0.917. The van der Waals surface area contributed by atoms with Crippen LogP contribution in [0.2, 0.25) is 0 Å². The normalized spacial score (nSPS) is 42.2. The van der Waals surface area contributed by atoms with E-state index >= 15 is 0 Å². The standard InChI is InChI=1S/C12H18O5/c1-2-16-10(13)12(11(14)6-15-7-11)5-8-3-4-9(12)17-8/h8-9,14H,2-7H2,1H3. The zero-order valence-corrected chi connectivity index (χ0v) is 9.98. The van der Waals surface area contributed by atoms with E-state index in [2.05, 4.69) is 0 Å². The van der Waals surface area contributed by atoms with Gasteiger partial charge in [-0.15, -0.1) is 0 Å². The van der Waals surface area contributed by atoms with E-state index in [9.17, 15) is 9.90 Å². The molecule has 96 valence electrons. The lowest BCUT2D eigenvalue weighted by Gasteiger charge is -2.50. The van der Waals surface area contributed by atoms with Crippen molar-refractivity contribution in [1.29, 1.82) is 0 Å². The molecule has 3 heterocycles. The molecule has 0 spiro atoms. The minimum atomic E-state index is -1.10. The van der Waals surface area contributed by atoms with Gasteiger partial charge in [-0.05, 0) is 26.2 Å². The number of esters is 1. The van der Waals surface area contributed by atoms with Gasteiger partial charge in [-0.1, -0.05) is 0 Å². The smallest absolute Gasteiger partial charge is 0.317 e. The monoisotopic (exact) mass is 242 g/mol. The highest BCUT2D eigenvalue weighted by molar-refractivity contribution is 5.80. The van der Waals surface area contributed by atoms with Crippen molar-refractivity contribution in [2.75, 3.05) is 19.8 Å². The second-order valence-corrected chi connectivity index (χ2v) is 5.24. The number of hydrogen-bond donors (Lipinski definition) is 1. The first-order valence-electron chi connectivity index (χ1n) is 6.25. The van der Waals surface area contributed by atoms with Crippen LogP contribution in [0.25, 0.3) is 0 Å². The number of carbonyl (C=O) groups excluding carboxylic acids is 1. The minimum absolute atomic E-state index is 0.0917. The van der Waals surface area contributed by atoms with Crippen molar-refractivity contribution in [1.82, 2.24) is 0 Å². The molecule has 0 aromatic rings. The van der Waals surface area contributed by atoms with Crippen molar-refractivity contribution in [3.8, 4) is 0 Å². The van der Waals surface area contributed by atoms with Crippen LogP contribution in [0.1, 0.15) is 26.2 Å². The molecular weight excluding hydrogens is 224 g/mol. The average Bonchev–Trinajstić information content (AvgIpc) is 2.86. The van der Waals surface area contributed by atoms with Gasteiger partial charge in [-0.2, -0.15) is 0 Å².